The molecule has 0 aromatic carbocycles. The third-order valence-corrected chi connectivity index (χ3v) is 2.82. The van der Waals surface area contributed by atoms with Crippen molar-refractivity contribution in [2.24, 2.45) is 0 Å². The van der Waals surface area contributed by atoms with Crippen LogP contribution in [0.5, 0.6) is 0 Å². The second-order valence-corrected chi connectivity index (χ2v) is 5.29. The van der Waals surface area contributed by atoms with Crippen LogP contribution in [0.25, 0.3) is 0 Å². The van der Waals surface area contributed by atoms with Crippen LogP contribution in [0.2, 0.25) is 0 Å². The molecule has 0 atom stereocenters. The first-order chi connectivity index (χ1) is 7.02. The zero-order chi connectivity index (χ0) is 11.1. The molecule has 0 bridgehead atoms. The van der Waals surface area contributed by atoms with Crippen LogP contribution in [-0.4, -0.2) is 4.98 Å². The van der Waals surface area contributed by atoms with Crippen molar-refractivity contribution in [1.29, 1.82) is 5.26 Å². The molecule has 15 heavy (non-hydrogen) atoms. The summed E-state index contributed by atoms with van der Waals surface area (Å²) >= 11 is 0. The molecule has 2 nitrogen and oxygen atoms in total. The van der Waals surface area contributed by atoms with Gasteiger partial charge in [0.25, 0.3) is 0 Å². The van der Waals surface area contributed by atoms with E-state index >= 15 is 0 Å². The summed E-state index contributed by atoms with van der Waals surface area (Å²) in [4.78, 5) is 4.46. The minimum atomic E-state index is 0.0811. The first kappa shape index (κ1) is 10.2. The van der Waals surface area contributed by atoms with Crippen LogP contribution in [-0.2, 0) is 5.41 Å². The summed E-state index contributed by atoms with van der Waals surface area (Å²) in [6, 6.07) is 4.16. The van der Waals surface area contributed by atoms with Gasteiger partial charge >= 0.3 is 0 Å². The lowest BCUT2D eigenvalue weighted by molar-refractivity contribution is 0.577. The van der Waals surface area contributed by atoms with E-state index in [9.17, 15) is 0 Å². The fraction of sp³-hybridized carbons (Fsp3) is 0.538. The molecule has 0 amide bonds. The van der Waals surface area contributed by atoms with E-state index in [-0.39, 0.29) is 5.41 Å². The number of rotatable bonds is 1. The first-order valence-electron chi connectivity index (χ1n) is 5.43. The molecule has 1 aliphatic carbocycles. The Kier molecular flexibility index (Phi) is 2.26. The SMILES string of the molecule is CC(C)(C)c1cc(C#N)cnc1C1CC1. The predicted octanol–water partition coefficient (Wildman–Crippen LogP) is 3.13. The van der Waals surface area contributed by atoms with Crippen LogP contribution in [0.1, 0.15) is 56.4 Å². The summed E-state index contributed by atoms with van der Waals surface area (Å²) in [5.74, 6) is 0.645. The van der Waals surface area contributed by atoms with Crippen LogP contribution in [0.15, 0.2) is 12.3 Å². The van der Waals surface area contributed by atoms with Gasteiger partial charge in [0.15, 0.2) is 0 Å². The third-order valence-electron chi connectivity index (χ3n) is 2.82. The molecule has 1 fully saturated rings. The smallest absolute Gasteiger partial charge is 0.101 e. The monoisotopic (exact) mass is 200 g/mol. The maximum absolute atomic E-state index is 8.88. The number of pyridine rings is 1. The molecule has 0 radical (unpaired) electrons. The van der Waals surface area contributed by atoms with E-state index in [0.29, 0.717) is 11.5 Å². The summed E-state index contributed by atoms with van der Waals surface area (Å²) in [5, 5.41) is 8.88. The van der Waals surface area contributed by atoms with Crippen LogP contribution in [0, 0.1) is 11.3 Å². The predicted molar refractivity (Wildman–Crippen MR) is 59.6 cm³/mol. The molecule has 0 unspecified atom stereocenters. The van der Waals surface area contributed by atoms with Gasteiger partial charge in [0.05, 0.1) is 5.56 Å². The molecule has 2 heteroatoms. The Morgan fingerprint density at radius 1 is 1.40 bits per heavy atom. The molecule has 1 aromatic rings. The highest BCUT2D eigenvalue weighted by atomic mass is 14.7. The lowest BCUT2D eigenvalue weighted by Crippen LogP contribution is -2.15. The topological polar surface area (TPSA) is 36.7 Å². The number of nitrogens with zero attached hydrogens (tertiary/aromatic N) is 2. The largest absolute Gasteiger partial charge is 0.259 e. The van der Waals surface area contributed by atoms with Crippen LogP contribution in [0.3, 0.4) is 0 Å². The van der Waals surface area contributed by atoms with Gasteiger partial charge in [-0.15, -0.1) is 0 Å². The fourth-order valence-corrected chi connectivity index (χ4v) is 1.82. The van der Waals surface area contributed by atoms with Gasteiger partial charge in [0, 0.05) is 17.8 Å². The highest BCUT2D eigenvalue weighted by Gasteiger charge is 2.31. The van der Waals surface area contributed by atoms with Crippen molar-refractivity contribution in [3.05, 3.63) is 29.1 Å². The Bertz CT molecular complexity index is 417. The van der Waals surface area contributed by atoms with E-state index in [0.717, 1.165) is 0 Å². The Morgan fingerprint density at radius 2 is 2.07 bits per heavy atom. The van der Waals surface area contributed by atoms with Crippen molar-refractivity contribution in [3.8, 4) is 6.07 Å². The van der Waals surface area contributed by atoms with Gasteiger partial charge < -0.3 is 0 Å². The molecule has 1 aliphatic rings. The van der Waals surface area contributed by atoms with E-state index in [4.69, 9.17) is 5.26 Å². The summed E-state index contributed by atoms with van der Waals surface area (Å²) in [7, 11) is 0. The lowest BCUT2D eigenvalue weighted by atomic mass is 9.84. The average Bonchev–Trinajstić information content (AvgIpc) is 2.99. The van der Waals surface area contributed by atoms with Crippen molar-refractivity contribution in [2.45, 2.75) is 44.9 Å². The Hall–Kier alpha value is -1.36. The summed E-state index contributed by atoms with van der Waals surface area (Å²) < 4.78 is 0. The molecule has 2 rings (SSSR count). The van der Waals surface area contributed by atoms with Crippen LogP contribution in [0.4, 0.5) is 0 Å². The molecule has 0 saturated heterocycles. The minimum absolute atomic E-state index is 0.0811. The number of hydrogen-bond acceptors (Lipinski definition) is 2. The van der Waals surface area contributed by atoms with Gasteiger partial charge in [-0.25, -0.2) is 0 Å². The number of nitriles is 1. The Balaban J connectivity index is 2.51. The molecule has 1 heterocycles. The van der Waals surface area contributed by atoms with Gasteiger partial charge in [-0.3, -0.25) is 4.98 Å². The maximum atomic E-state index is 8.88. The molecular formula is C13H16N2. The maximum Gasteiger partial charge on any atom is 0.101 e. The summed E-state index contributed by atoms with van der Waals surface area (Å²) in [5.41, 5.74) is 3.20. The Labute approximate surface area is 91.0 Å². The average molecular weight is 200 g/mol. The highest BCUT2D eigenvalue weighted by molar-refractivity contribution is 5.39. The minimum Gasteiger partial charge on any atom is -0.259 e. The van der Waals surface area contributed by atoms with E-state index in [1.807, 2.05) is 6.07 Å². The van der Waals surface area contributed by atoms with Gasteiger partial charge in [-0.2, -0.15) is 5.26 Å². The van der Waals surface area contributed by atoms with Crippen LogP contribution >= 0.6 is 0 Å². The van der Waals surface area contributed by atoms with E-state index < -0.39 is 0 Å². The summed E-state index contributed by atoms with van der Waals surface area (Å²) in [6.07, 6.45) is 4.20. The van der Waals surface area contributed by atoms with Crippen molar-refractivity contribution in [1.82, 2.24) is 4.98 Å². The Morgan fingerprint density at radius 3 is 2.53 bits per heavy atom. The second kappa shape index (κ2) is 3.34. The van der Waals surface area contributed by atoms with Crippen molar-refractivity contribution >= 4 is 0 Å². The van der Waals surface area contributed by atoms with Gasteiger partial charge in [-0.1, -0.05) is 20.8 Å². The number of aromatic nitrogens is 1. The van der Waals surface area contributed by atoms with Crippen molar-refractivity contribution in [2.75, 3.05) is 0 Å². The molecule has 1 aromatic heterocycles. The van der Waals surface area contributed by atoms with E-state index in [1.54, 1.807) is 6.20 Å². The molecule has 0 aliphatic heterocycles. The zero-order valence-corrected chi connectivity index (χ0v) is 9.54. The van der Waals surface area contributed by atoms with E-state index in [1.165, 1.54) is 24.1 Å². The lowest BCUT2D eigenvalue weighted by Gasteiger charge is -2.22. The van der Waals surface area contributed by atoms with Crippen molar-refractivity contribution < 1.29 is 0 Å². The third kappa shape index (κ3) is 2.02. The first-order valence-corrected chi connectivity index (χ1v) is 5.43. The number of hydrogen-bond donors (Lipinski definition) is 0. The van der Waals surface area contributed by atoms with Gasteiger partial charge in [0.2, 0.25) is 0 Å². The fourth-order valence-electron chi connectivity index (χ4n) is 1.82. The quantitative estimate of drug-likeness (QED) is 0.698. The highest BCUT2D eigenvalue weighted by Crippen LogP contribution is 2.43. The molecule has 78 valence electrons. The second-order valence-electron chi connectivity index (χ2n) is 5.29. The normalized spacial score (nSPS) is 16.1. The molecule has 1 saturated carbocycles. The van der Waals surface area contributed by atoms with Crippen molar-refractivity contribution in [3.63, 3.8) is 0 Å². The molecule has 0 spiro atoms. The van der Waals surface area contributed by atoms with E-state index in [2.05, 4.69) is 31.8 Å². The van der Waals surface area contributed by atoms with Crippen LogP contribution < -0.4 is 0 Å². The van der Waals surface area contributed by atoms with Gasteiger partial charge in [-0.05, 0) is 29.9 Å². The molecule has 0 N–H and O–H groups in total. The molecular weight excluding hydrogens is 184 g/mol. The zero-order valence-electron chi connectivity index (χ0n) is 9.54. The summed E-state index contributed by atoms with van der Waals surface area (Å²) in [6.45, 7) is 6.53. The van der Waals surface area contributed by atoms with Gasteiger partial charge in [0.1, 0.15) is 6.07 Å². The standard InChI is InChI=1S/C13H16N2/c1-13(2,3)11-6-9(7-14)8-15-12(11)10-4-5-10/h6,8,10H,4-5H2,1-3H3.